The van der Waals surface area contributed by atoms with Gasteiger partial charge in [0.05, 0.1) is 0 Å². The second-order valence-electron chi connectivity index (χ2n) is 16.1. The molecule has 3 aliphatic rings. The zero-order chi connectivity index (χ0) is 33.0. The zero-order valence-corrected chi connectivity index (χ0v) is 35.7. The molecule has 9 rings (SSSR count). The summed E-state index contributed by atoms with van der Waals surface area (Å²) >= 11 is -1.49. The van der Waals surface area contributed by atoms with Gasteiger partial charge in [0.2, 0.25) is 0 Å². The van der Waals surface area contributed by atoms with Crippen LogP contribution in [0.4, 0.5) is 0 Å². The summed E-state index contributed by atoms with van der Waals surface area (Å²) in [6.45, 7) is 14.7. The molecule has 1 heterocycles. The molecular weight excluding hydrogens is 830 g/mol. The third-order valence-corrected chi connectivity index (χ3v) is 23.0. The van der Waals surface area contributed by atoms with Gasteiger partial charge in [-0.25, -0.2) is 0 Å². The van der Waals surface area contributed by atoms with Gasteiger partial charge < -0.3 is 24.8 Å². The average Bonchev–Trinajstić information content (AvgIpc) is 3.57. The standard InChI is InChI=1S/C46H42Si.2ClH.Hf/c1-45(2,3)41-27-25-37-35-23-15-13-17-31(35)29-39(37)43(41)47(33-19-9-7-10-20-33,34-21-11-8-12-22-34)44-40-30-32-18-14-16-24-36(32)38(40)26-28-42(44)46(4,5)6;;;/h7-30H,1-6H3;2*1H;/q;;;+2/p-2. The maximum absolute atomic E-state index is 2.98. The summed E-state index contributed by atoms with van der Waals surface area (Å²) in [6.07, 6.45) is 0. The largest absolute Gasteiger partial charge is 1.00 e. The topological polar surface area (TPSA) is 0 Å². The van der Waals surface area contributed by atoms with E-state index in [2.05, 4.69) is 175 Å². The first-order valence-electron chi connectivity index (χ1n) is 17.5. The SMILES string of the molecule is CC(C)(C)c1ccc2c3c1[Si](c1ccccc1)(c1ccccc1)c1c(C(C)(C)C)ccc4c1[CH]([Hf+2][CH]3c1ccccc1-2)c1ccccc1-4.[Cl-].[Cl-]. The molecule has 0 N–H and O–H groups in total. The monoisotopic (exact) mass is 872 g/mol. The van der Waals surface area contributed by atoms with Crippen LogP contribution in [0.1, 0.15) is 82.3 Å². The van der Waals surface area contributed by atoms with Crippen LogP contribution in [0.25, 0.3) is 22.3 Å². The van der Waals surface area contributed by atoms with Crippen molar-refractivity contribution in [2.45, 2.75) is 59.7 Å². The fourth-order valence-corrected chi connectivity index (χ4v) is 24.3. The second-order valence-corrected chi connectivity index (χ2v) is 25.1. The molecule has 6 aromatic carbocycles. The number of halogens is 2. The Balaban J connectivity index is 0.00000196. The van der Waals surface area contributed by atoms with E-state index in [4.69, 9.17) is 0 Å². The molecule has 0 nitrogen and oxygen atoms in total. The van der Waals surface area contributed by atoms with E-state index in [0.29, 0.717) is 7.35 Å². The summed E-state index contributed by atoms with van der Waals surface area (Å²) in [5.41, 5.74) is 15.5. The number of hydrogen-bond donors (Lipinski definition) is 0. The van der Waals surface area contributed by atoms with Crippen LogP contribution in [0.3, 0.4) is 0 Å². The van der Waals surface area contributed by atoms with E-state index in [9.17, 15) is 0 Å². The van der Waals surface area contributed by atoms with Crippen molar-refractivity contribution >= 4 is 28.8 Å². The summed E-state index contributed by atoms with van der Waals surface area (Å²) in [5.74, 6) is 0. The van der Waals surface area contributed by atoms with E-state index < -0.39 is 31.0 Å². The molecule has 248 valence electrons. The van der Waals surface area contributed by atoms with Gasteiger partial charge in [-0.3, -0.25) is 0 Å². The minimum atomic E-state index is -2.98. The van der Waals surface area contributed by atoms with Crippen molar-refractivity contribution in [2.24, 2.45) is 0 Å². The molecule has 0 amide bonds. The third kappa shape index (κ3) is 4.92. The van der Waals surface area contributed by atoms with Crippen LogP contribution in [0.15, 0.2) is 133 Å². The molecule has 0 fully saturated rings. The maximum Gasteiger partial charge on any atom is -1.00 e. The molecule has 0 aromatic heterocycles. The van der Waals surface area contributed by atoms with Crippen LogP contribution in [-0.2, 0) is 33.7 Å². The second kappa shape index (κ2) is 12.6. The van der Waals surface area contributed by atoms with Gasteiger partial charge >= 0.3 is 301 Å². The molecule has 2 unspecified atom stereocenters. The zero-order valence-electron chi connectivity index (χ0n) is 29.6. The van der Waals surface area contributed by atoms with Gasteiger partial charge in [-0.2, -0.15) is 0 Å². The molecular formula is C46H42Cl2HfSi. The van der Waals surface area contributed by atoms with Crippen LogP contribution in [0.5, 0.6) is 0 Å². The van der Waals surface area contributed by atoms with E-state index in [1.54, 1.807) is 32.6 Å². The molecule has 0 bridgehead atoms. The van der Waals surface area contributed by atoms with Crippen molar-refractivity contribution in [1.82, 2.24) is 0 Å². The Kier molecular flexibility index (Phi) is 8.91. The predicted octanol–water partition coefficient (Wildman–Crippen LogP) is 2.90. The summed E-state index contributed by atoms with van der Waals surface area (Å²) < 4.78 is 1.03. The Morgan fingerprint density at radius 3 is 1.16 bits per heavy atom. The van der Waals surface area contributed by atoms with Crippen LogP contribution in [0, 0.1) is 0 Å². The van der Waals surface area contributed by atoms with Crippen molar-refractivity contribution in [3.05, 3.63) is 167 Å². The number of benzene rings is 6. The fourth-order valence-electron chi connectivity index (χ4n) is 9.42. The normalized spacial score (nSPS) is 17.2. The van der Waals surface area contributed by atoms with E-state index >= 15 is 0 Å². The van der Waals surface area contributed by atoms with Crippen molar-refractivity contribution < 1.29 is 47.7 Å². The smallest absolute Gasteiger partial charge is 1.00 e. The van der Waals surface area contributed by atoms with Gasteiger partial charge in [0.15, 0.2) is 0 Å². The first-order valence-corrected chi connectivity index (χ1v) is 23.7. The van der Waals surface area contributed by atoms with Crippen molar-refractivity contribution in [2.75, 3.05) is 0 Å². The van der Waals surface area contributed by atoms with Gasteiger partial charge in [0, 0.05) is 0 Å². The molecule has 0 saturated carbocycles. The molecule has 1 aliphatic heterocycles. The molecule has 0 radical (unpaired) electrons. The predicted molar refractivity (Wildman–Crippen MR) is 202 cm³/mol. The molecule has 0 saturated heterocycles. The Morgan fingerprint density at radius 1 is 0.420 bits per heavy atom. The van der Waals surface area contributed by atoms with Crippen molar-refractivity contribution in [3.63, 3.8) is 0 Å². The Labute approximate surface area is 323 Å². The van der Waals surface area contributed by atoms with Gasteiger partial charge in [-0.15, -0.1) is 0 Å². The van der Waals surface area contributed by atoms with E-state index in [0.717, 1.165) is 0 Å². The number of hydrogen-bond acceptors (Lipinski definition) is 0. The maximum atomic E-state index is 2.54. The van der Waals surface area contributed by atoms with Crippen molar-refractivity contribution in [3.8, 4) is 22.3 Å². The van der Waals surface area contributed by atoms with Crippen LogP contribution < -0.4 is 45.6 Å². The van der Waals surface area contributed by atoms with Crippen LogP contribution in [0.2, 0.25) is 0 Å². The molecule has 2 atom stereocenters. The Morgan fingerprint density at radius 2 is 0.780 bits per heavy atom. The Bertz CT molecular complexity index is 2090. The summed E-state index contributed by atoms with van der Waals surface area (Å²) in [6, 6.07) is 52.7. The van der Waals surface area contributed by atoms with Crippen LogP contribution in [-0.4, -0.2) is 8.07 Å². The molecule has 4 heteroatoms. The number of fused-ring (bicyclic) bond motifs is 6. The molecule has 0 spiro atoms. The van der Waals surface area contributed by atoms with Gasteiger partial charge in [-0.05, 0) is 0 Å². The minimum Gasteiger partial charge on any atom is -1.00 e. The van der Waals surface area contributed by atoms with Crippen molar-refractivity contribution in [1.29, 1.82) is 0 Å². The molecule has 50 heavy (non-hydrogen) atoms. The Hall–Kier alpha value is -3.01. The summed E-state index contributed by atoms with van der Waals surface area (Å²) in [5, 5.41) is 6.39. The quantitative estimate of drug-likeness (QED) is 0.235. The van der Waals surface area contributed by atoms with Crippen LogP contribution >= 0.6 is 0 Å². The summed E-state index contributed by atoms with van der Waals surface area (Å²) in [4.78, 5) is 0. The van der Waals surface area contributed by atoms with E-state index in [1.165, 1.54) is 43.8 Å². The minimum absolute atomic E-state index is 0. The van der Waals surface area contributed by atoms with E-state index in [1.807, 2.05) is 0 Å². The van der Waals surface area contributed by atoms with Gasteiger partial charge in [0.1, 0.15) is 0 Å². The molecule has 2 aliphatic carbocycles. The first kappa shape index (κ1) is 35.4. The first-order chi connectivity index (χ1) is 23.1. The van der Waals surface area contributed by atoms with Gasteiger partial charge in [-0.1, -0.05) is 0 Å². The fraction of sp³-hybridized carbons (Fsp3) is 0.217. The number of rotatable bonds is 2. The summed E-state index contributed by atoms with van der Waals surface area (Å²) in [7, 11) is -2.98. The average molecular weight is 872 g/mol. The van der Waals surface area contributed by atoms with Gasteiger partial charge in [0.25, 0.3) is 0 Å². The third-order valence-electron chi connectivity index (χ3n) is 11.3. The molecule has 6 aromatic rings. The van der Waals surface area contributed by atoms with E-state index in [-0.39, 0.29) is 35.6 Å².